The van der Waals surface area contributed by atoms with E-state index in [1.807, 2.05) is 55.5 Å². The van der Waals surface area contributed by atoms with Gasteiger partial charge in [-0.25, -0.2) is 4.79 Å². The van der Waals surface area contributed by atoms with Gasteiger partial charge in [-0.15, -0.1) is 0 Å². The van der Waals surface area contributed by atoms with Gasteiger partial charge < -0.3 is 19.7 Å². The van der Waals surface area contributed by atoms with Crippen molar-refractivity contribution in [1.29, 1.82) is 0 Å². The Morgan fingerprint density at radius 3 is 2.29 bits per heavy atom. The van der Waals surface area contributed by atoms with Crippen molar-refractivity contribution >= 4 is 17.6 Å². The fourth-order valence-corrected chi connectivity index (χ4v) is 3.29. The summed E-state index contributed by atoms with van der Waals surface area (Å²) < 4.78 is 9.89. The Balaban J connectivity index is 1.92. The lowest BCUT2D eigenvalue weighted by atomic mass is 9.87. The van der Waals surface area contributed by atoms with Gasteiger partial charge in [-0.3, -0.25) is 4.79 Å². The first kappa shape index (κ1) is 19.5. The molecule has 2 atom stereocenters. The summed E-state index contributed by atoms with van der Waals surface area (Å²) in [5, 5.41) is 3.16. The van der Waals surface area contributed by atoms with Gasteiger partial charge in [-0.1, -0.05) is 29.8 Å². The molecule has 2 unspecified atom stereocenters. The lowest BCUT2D eigenvalue weighted by Gasteiger charge is -2.48. The average Bonchev–Trinajstić information content (AvgIpc) is 2.71. The van der Waals surface area contributed by atoms with E-state index in [0.717, 1.165) is 22.6 Å². The van der Waals surface area contributed by atoms with Crippen molar-refractivity contribution in [2.75, 3.05) is 19.1 Å². The van der Waals surface area contributed by atoms with Crippen LogP contribution in [0.3, 0.4) is 0 Å². The zero-order valence-corrected chi connectivity index (χ0v) is 16.4. The van der Waals surface area contributed by atoms with Crippen LogP contribution in [0.2, 0.25) is 0 Å². The average molecular weight is 380 g/mol. The van der Waals surface area contributed by atoms with Gasteiger partial charge in [-0.05, 0) is 43.7 Å². The Labute approximate surface area is 164 Å². The highest BCUT2D eigenvalue weighted by Crippen LogP contribution is 2.40. The molecule has 1 saturated heterocycles. The van der Waals surface area contributed by atoms with Crippen molar-refractivity contribution < 1.29 is 19.1 Å². The Morgan fingerprint density at radius 2 is 1.71 bits per heavy atom. The number of hydrogen-bond donors (Lipinski definition) is 1. The molecule has 6 nitrogen and oxygen atoms in total. The van der Waals surface area contributed by atoms with Crippen LogP contribution < -0.4 is 15.0 Å². The molecule has 2 aromatic rings. The maximum atomic E-state index is 12.9. The molecule has 146 valence electrons. The van der Waals surface area contributed by atoms with Crippen LogP contribution in [-0.4, -0.2) is 32.1 Å². The van der Waals surface area contributed by atoms with Gasteiger partial charge in [0.05, 0.1) is 20.3 Å². The Kier molecular flexibility index (Phi) is 5.68. The Hall–Kier alpha value is -3.28. The van der Waals surface area contributed by atoms with E-state index in [-0.39, 0.29) is 11.9 Å². The van der Waals surface area contributed by atoms with E-state index in [1.165, 1.54) is 13.2 Å². The van der Waals surface area contributed by atoms with E-state index >= 15 is 0 Å². The third kappa shape index (κ3) is 3.86. The van der Waals surface area contributed by atoms with Gasteiger partial charge in [0.2, 0.25) is 0 Å². The predicted octanol–water partition coefficient (Wildman–Crippen LogP) is 3.13. The molecule has 1 aliphatic heterocycles. The molecule has 0 radical (unpaired) electrons. The monoisotopic (exact) mass is 380 g/mol. The molecule has 1 aliphatic rings. The minimum Gasteiger partial charge on any atom is -0.497 e. The molecule has 0 aliphatic carbocycles. The minimum atomic E-state index is -0.476. The van der Waals surface area contributed by atoms with Crippen LogP contribution in [-0.2, 0) is 14.3 Å². The van der Waals surface area contributed by atoms with Crippen LogP contribution in [0, 0.1) is 6.92 Å². The van der Waals surface area contributed by atoms with Gasteiger partial charge in [0.15, 0.2) is 0 Å². The third-order valence-corrected chi connectivity index (χ3v) is 4.79. The lowest BCUT2D eigenvalue weighted by molar-refractivity contribution is -0.135. The number of nitrogens with one attached hydrogen (secondary N) is 1. The first-order chi connectivity index (χ1) is 13.4. The number of allylic oxidation sites excluding steroid dienone is 1. The van der Waals surface area contributed by atoms with Crippen molar-refractivity contribution in [3.63, 3.8) is 0 Å². The molecular formula is C22H24N2O4. The summed E-state index contributed by atoms with van der Waals surface area (Å²) in [7, 11) is 2.94. The second-order valence-electron chi connectivity index (χ2n) is 6.73. The number of nitrogens with zero attached hydrogens (tertiary/aromatic N) is 1. The molecule has 1 heterocycles. The topological polar surface area (TPSA) is 67.9 Å². The van der Waals surface area contributed by atoms with Crippen LogP contribution in [0.15, 0.2) is 60.3 Å². The van der Waals surface area contributed by atoms with Gasteiger partial charge in [0.25, 0.3) is 5.91 Å². The second-order valence-corrected chi connectivity index (χ2v) is 6.73. The highest BCUT2D eigenvalue weighted by molar-refractivity contribution is 6.06. The molecule has 3 rings (SSSR count). The number of carbonyl (C=O) groups is 2. The van der Waals surface area contributed by atoms with Crippen LogP contribution in [0.5, 0.6) is 5.75 Å². The number of aryl methyl sites for hydroxylation is 1. The van der Waals surface area contributed by atoms with Gasteiger partial charge >= 0.3 is 5.97 Å². The van der Waals surface area contributed by atoms with Crippen molar-refractivity contribution in [2.24, 2.45) is 0 Å². The molecular weight excluding hydrogens is 356 g/mol. The smallest absolute Gasteiger partial charge is 0.332 e. The molecule has 0 bridgehead atoms. The SMILES string of the molecule is COC(=O)/C=C(\C)NC1C(=O)N(c2ccc(C)cc2)C1c1ccc(OC)cc1. The van der Waals surface area contributed by atoms with Crippen LogP contribution >= 0.6 is 0 Å². The molecule has 1 amide bonds. The zero-order valence-electron chi connectivity index (χ0n) is 16.4. The standard InChI is InChI=1S/C22H24N2O4/c1-14-5-9-17(10-6-14)24-21(16-7-11-18(27-3)12-8-16)20(22(24)26)23-15(2)13-19(25)28-4/h5-13,20-21,23H,1-4H3/b15-13+. The molecule has 0 aromatic heterocycles. The highest BCUT2D eigenvalue weighted by atomic mass is 16.5. The van der Waals surface area contributed by atoms with Gasteiger partial charge in [0, 0.05) is 17.5 Å². The van der Waals surface area contributed by atoms with E-state index in [4.69, 9.17) is 4.74 Å². The molecule has 0 saturated carbocycles. The summed E-state index contributed by atoms with van der Waals surface area (Å²) in [6.45, 7) is 3.75. The number of esters is 1. The molecule has 0 spiro atoms. The lowest BCUT2D eigenvalue weighted by Crippen LogP contribution is -2.64. The van der Waals surface area contributed by atoms with Gasteiger partial charge in [-0.2, -0.15) is 0 Å². The molecule has 1 fully saturated rings. The number of rotatable bonds is 6. The fraction of sp³-hybridized carbons (Fsp3) is 0.273. The predicted molar refractivity (Wildman–Crippen MR) is 107 cm³/mol. The van der Waals surface area contributed by atoms with Crippen molar-refractivity contribution in [1.82, 2.24) is 5.32 Å². The summed E-state index contributed by atoms with van der Waals surface area (Å²) in [6, 6.07) is 14.8. The van der Waals surface area contributed by atoms with E-state index in [9.17, 15) is 9.59 Å². The number of carbonyl (C=O) groups excluding carboxylic acids is 2. The second kappa shape index (κ2) is 8.17. The number of hydrogen-bond acceptors (Lipinski definition) is 5. The number of anilines is 1. The van der Waals surface area contributed by atoms with Crippen molar-refractivity contribution in [3.8, 4) is 5.75 Å². The van der Waals surface area contributed by atoms with Crippen molar-refractivity contribution in [3.05, 3.63) is 71.4 Å². The van der Waals surface area contributed by atoms with E-state index in [0.29, 0.717) is 5.70 Å². The van der Waals surface area contributed by atoms with E-state index in [2.05, 4.69) is 10.1 Å². The largest absolute Gasteiger partial charge is 0.497 e. The molecule has 28 heavy (non-hydrogen) atoms. The Morgan fingerprint density at radius 1 is 1.07 bits per heavy atom. The molecule has 6 heteroatoms. The Bertz CT molecular complexity index is 888. The van der Waals surface area contributed by atoms with Gasteiger partial charge in [0.1, 0.15) is 11.8 Å². The number of methoxy groups -OCH3 is 2. The molecule has 2 aromatic carbocycles. The summed E-state index contributed by atoms with van der Waals surface area (Å²) in [4.78, 5) is 26.2. The van der Waals surface area contributed by atoms with E-state index in [1.54, 1.807) is 18.9 Å². The summed E-state index contributed by atoms with van der Waals surface area (Å²) in [6.07, 6.45) is 1.34. The van der Waals surface area contributed by atoms with Crippen LogP contribution in [0.4, 0.5) is 5.69 Å². The maximum Gasteiger partial charge on any atom is 0.332 e. The highest BCUT2D eigenvalue weighted by Gasteiger charge is 2.49. The molecule has 1 N–H and O–H groups in total. The van der Waals surface area contributed by atoms with Crippen LogP contribution in [0.25, 0.3) is 0 Å². The van der Waals surface area contributed by atoms with Crippen LogP contribution in [0.1, 0.15) is 24.1 Å². The number of amides is 1. The summed E-state index contributed by atoms with van der Waals surface area (Å²) in [5.74, 6) is 0.234. The normalized spacial score (nSPS) is 19.1. The summed E-state index contributed by atoms with van der Waals surface area (Å²) >= 11 is 0. The number of ether oxygens (including phenoxy) is 2. The fourth-order valence-electron chi connectivity index (χ4n) is 3.29. The first-order valence-electron chi connectivity index (χ1n) is 9.01. The number of β-lactam (4-membered cyclic amide) rings is 1. The third-order valence-electron chi connectivity index (χ3n) is 4.79. The minimum absolute atomic E-state index is 0.0534. The quantitative estimate of drug-likeness (QED) is 0.474. The maximum absolute atomic E-state index is 12.9. The first-order valence-corrected chi connectivity index (χ1v) is 9.01. The van der Waals surface area contributed by atoms with Crippen molar-refractivity contribution in [2.45, 2.75) is 25.9 Å². The van der Waals surface area contributed by atoms with E-state index < -0.39 is 12.0 Å². The number of benzene rings is 2. The summed E-state index contributed by atoms with van der Waals surface area (Å²) in [5.41, 5.74) is 3.52. The zero-order chi connectivity index (χ0) is 20.3.